The summed E-state index contributed by atoms with van der Waals surface area (Å²) in [6.45, 7) is 4.56. The fraction of sp³-hybridized carbons (Fsp3) is 0.480. The molecule has 0 radical (unpaired) electrons. The van der Waals surface area contributed by atoms with E-state index in [2.05, 4.69) is 31.5 Å². The van der Waals surface area contributed by atoms with Crippen LogP contribution in [0.15, 0.2) is 36.5 Å². The monoisotopic (exact) mass is 545 g/mol. The highest BCUT2D eigenvalue weighted by molar-refractivity contribution is 7.88. The fourth-order valence-corrected chi connectivity index (χ4v) is 4.95. The van der Waals surface area contributed by atoms with Crippen LogP contribution in [0.2, 0.25) is 0 Å². The van der Waals surface area contributed by atoms with Crippen molar-refractivity contribution in [3.8, 4) is 22.6 Å². The van der Waals surface area contributed by atoms with Gasteiger partial charge >= 0.3 is 0 Å². The highest BCUT2D eigenvalue weighted by Crippen LogP contribution is 2.31. The van der Waals surface area contributed by atoms with Gasteiger partial charge in [0.05, 0.1) is 43.0 Å². The second-order valence-corrected chi connectivity index (χ2v) is 11.6. The second kappa shape index (κ2) is 11.4. The molecule has 2 aliphatic heterocycles. The Balaban J connectivity index is 1.36. The first kappa shape index (κ1) is 26.6. The van der Waals surface area contributed by atoms with Gasteiger partial charge in [0.2, 0.25) is 16.0 Å². The Kier molecular flexibility index (Phi) is 8.00. The van der Waals surface area contributed by atoms with Gasteiger partial charge in [-0.1, -0.05) is 0 Å². The predicted molar refractivity (Wildman–Crippen MR) is 140 cm³/mol. The van der Waals surface area contributed by atoms with Crippen LogP contribution in [0.1, 0.15) is 5.82 Å². The molecule has 2 N–H and O–H groups in total. The maximum Gasteiger partial charge on any atom is 0.225 e. The Labute approximate surface area is 221 Å². The van der Waals surface area contributed by atoms with Crippen molar-refractivity contribution >= 4 is 16.0 Å². The van der Waals surface area contributed by atoms with Gasteiger partial charge in [-0.05, 0) is 37.4 Å². The van der Waals surface area contributed by atoms with Crippen LogP contribution in [0, 0.1) is 11.7 Å². The lowest BCUT2D eigenvalue weighted by Gasteiger charge is -2.32. The number of nitrogens with zero attached hydrogens (tertiary/aromatic N) is 5. The molecule has 0 atom stereocenters. The molecule has 1 aromatic carbocycles. The summed E-state index contributed by atoms with van der Waals surface area (Å²) in [7, 11) is -1.17. The third kappa shape index (κ3) is 6.72. The highest BCUT2D eigenvalue weighted by atomic mass is 32.2. The molecular formula is C25H32FN7O4S. The normalized spacial score (nSPS) is 21.1. The molecule has 5 rings (SSSR count). The number of rotatable bonds is 8. The molecule has 2 aromatic heterocycles. The van der Waals surface area contributed by atoms with Crippen LogP contribution in [0.3, 0.4) is 0 Å². The molecule has 13 heteroatoms. The van der Waals surface area contributed by atoms with Crippen molar-refractivity contribution in [2.45, 2.75) is 12.7 Å². The van der Waals surface area contributed by atoms with E-state index in [0.717, 1.165) is 38.0 Å². The molecule has 0 aliphatic carbocycles. The fourth-order valence-electron chi connectivity index (χ4n) is 4.41. The third-order valence-corrected chi connectivity index (χ3v) is 7.28. The lowest BCUT2D eigenvalue weighted by Crippen LogP contribution is -2.45. The van der Waals surface area contributed by atoms with Gasteiger partial charge in [0.15, 0.2) is 6.29 Å². The number of halogens is 1. The molecule has 0 spiro atoms. The van der Waals surface area contributed by atoms with Crippen LogP contribution >= 0.6 is 0 Å². The zero-order valence-corrected chi connectivity index (χ0v) is 22.2. The molecule has 4 heterocycles. The Morgan fingerprint density at radius 3 is 2.47 bits per heavy atom. The number of ether oxygens (including phenoxy) is 2. The Morgan fingerprint density at radius 1 is 1.08 bits per heavy atom. The number of likely N-dealkylation sites (N-methyl/N-ethyl adjacent to an activating group) is 1. The molecular weight excluding hydrogens is 513 g/mol. The van der Waals surface area contributed by atoms with E-state index in [1.165, 1.54) is 12.1 Å². The van der Waals surface area contributed by atoms with Gasteiger partial charge < -0.3 is 24.3 Å². The summed E-state index contributed by atoms with van der Waals surface area (Å²) in [6.07, 6.45) is 2.69. The highest BCUT2D eigenvalue weighted by Gasteiger charge is 2.26. The van der Waals surface area contributed by atoms with Crippen LogP contribution in [0.4, 0.5) is 10.3 Å². The van der Waals surface area contributed by atoms with Crippen molar-refractivity contribution in [3.63, 3.8) is 0 Å². The number of hydrogen-bond acceptors (Lipinski definition) is 9. The molecule has 2 fully saturated rings. The average Bonchev–Trinajstić information content (AvgIpc) is 3.32. The number of sulfonamides is 1. The molecule has 0 bridgehead atoms. The van der Waals surface area contributed by atoms with Gasteiger partial charge in [-0.2, -0.15) is 0 Å². The Hall–Kier alpha value is -2.97. The van der Waals surface area contributed by atoms with E-state index >= 15 is 0 Å². The smallest absolute Gasteiger partial charge is 0.225 e. The molecule has 0 saturated carbocycles. The van der Waals surface area contributed by atoms with Gasteiger partial charge in [-0.25, -0.2) is 32.5 Å². The maximum absolute atomic E-state index is 13.6. The minimum absolute atomic E-state index is 0.0723. The quantitative estimate of drug-likeness (QED) is 0.433. The van der Waals surface area contributed by atoms with Crippen molar-refractivity contribution < 1.29 is 22.3 Å². The van der Waals surface area contributed by atoms with Crippen molar-refractivity contribution in [2.75, 3.05) is 64.1 Å². The molecule has 38 heavy (non-hydrogen) atoms. The van der Waals surface area contributed by atoms with Crippen LogP contribution in [-0.2, 0) is 25.9 Å². The van der Waals surface area contributed by atoms with Crippen LogP contribution in [0.25, 0.3) is 22.6 Å². The van der Waals surface area contributed by atoms with E-state index in [0.29, 0.717) is 48.5 Å². The predicted octanol–water partition coefficient (Wildman–Crippen LogP) is 1.51. The third-order valence-electron chi connectivity index (χ3n) is 6.59. The summed E-state index contributed by atoms with van der Waals surface area (Å²) in [4.78, 5) is 22.0. The zero-order valence-electron chi connectivity index (χ0n) is 21.4. The van der Waals surface area contributed by atoms with Gasteiger partial charge in [-0.3, -0.25) is 0 Å². The number of anilines is 1. The number of imidazole rings is 1. The average molecular weight is 546 g/mol. The van der Waals surface area contributed by atoms with Crippen molar-refractivity contribution in [3.05, 3.63) is 48.2 Å². The summed E-state index contributed by atoms with van der Waals surface area (Å²) in [5.41, 5.74) is 2.79. The van der Waals surface area contributed by atoms with Crippen molar-refractivity contribution in [1.29, 1.82) is 0 Å². The number of H-pyrrole nitrogens is 1. The SMILES string of the molecule is CN1CCN(c2nccc(-c3[nH]c(CC4OCC(CNS(C)(=O)=O)CO4)nc3-c3ccc(F)cc3)n2)CC1. The number of nitrogens with one attached hydrogen (secondary N) is 2. The lowest BCUT2D eigenvalue weighted by atomic mass is 10.1. The number of piperazine rings is 1. The zero-order chi connectivity index (χ0) is 26.7. The molecule has 204 valence electrons. The molecule has 2 saturated heterocycles. The molecule has 3 aromatic rings. The number of hydrogen-bond donors (Lipinski definition) is 2. The number of aromatic amines is 1. The summed E-state index contributed by atoms with van der Waals surface area (Å²) in [5, 5.41) is 0. The Bertz CT molecular complexity index is 1340. The largest absolute Gasteiger partial charge is 0.352 e. The summed E-state index contributed by atoms with van der Waals surface area (Å²) < 4.78 is 50.5. The van der Waals surface area contributed by atoms with E-state index < -0.39 is 16.3 Å². The second-order valence-electron chi connectivity index (χ2n) is 9.73. The summed E-state index contributed by atoms with van der Waals surface area (Å²) in [6, 6.07) is 8.02. The van der Waals surface area contributed by atoms with E-state index in [1.807, 2.05) is 6.07 Å². The van der Waals surface area contributed by atoms with Gasteiger partial charge in [0.25, 0.3) is 0 Å². The standard InChI is InChI=1S/C25H32FN7O4S/c1-32-9-11-33(12-10-32)25-27-8-7-20(29-25)24-23(18-3-5-19(26)6-4-18)30-21(31-24)13-22-36-15-17(16-37-22)14-28-38(2,34)35/h3-8,17,22,28H,9-16H2,1-2H3,(H,30,31). The van der Waals surface area contributed by atoms with E-state index in [-0.39, 0.29) is 18.3 Å². The first-order valence-electron chi connectivity index (χ1n) is 12.5. The summed E-state index contributed by atoms with van der Waals surface area (Å²) >= 11 is 0. The van der Waals surface area contributed by atoms with Gasteiger partial charge in [0, 0.05) is 50.4 Å². The van der Waals surface area contributed by atoms with Crippen LogP contribution in [-0.4, -0.2) is 98.8 Å². The van der Waals surface area contributed by atoms with E-state index in [4.69, 9.17) is 19.4 Å². The van der Waals surface area contributed by atoms with Crippen LogP contribution < -0.4 is 9.62 Å². The molecule has 0 amide bonds. The van der Waals surface area contributed by atoms with E-state index in [1.54, 1.807) is 18.3 Å². The summed E-state index contributed by atoms with van der Waals surface area (Å²) in [5.74, 6) is 0.896. The minimum atomic E-state index is -3.27. The molecule has 11 nitrogen and oxygen atoms in total. The Morgan fingerprint density at radius 2 is 1.79 bits per heavy atom. The van der Waals surface area contributed by atoms with Crippen molar-refractivity contribution in [2.24, 2.45) is 5.92 Å². The van der Waals surface area contributed by atoms with Crippen LogP contribution in [0.5, 0.6) is 0 Å². The molecule has 2 aliphatic rings. The van der Waals surface area contributed by atoms with E-state index in [9.17, 15) is 12.8 Å². The van der Waals surface area contributed by atoms with Gasteiger partial charge in [-0.15, -0.1) is 0 Å². The number of benzene rings is 1. The molecule has 0 unspecified atom stereocenters. The first-order valence-corrected chi connectivity index (χ1v) is 14.4. The van der Waals surface area contributed by atoms with Gasteiger partial charge in [0.1, 0.15) is 11.6 Å². The minimum Gasteiger partial charge on any atom is -0.352 e. The lowest BCUT2D eigenvalue weighted by molar-refractivity contribution is -0.198. The topological polar surface area (TPSA) is 126 Å². The number of aromatic nitrogens is 4. The maximum atomic E-state index is 13.6. The van der Waals surface area contributed by atoms with Crippen molar-refractivity contribution in [1.82, 2.24) is 29.6 Å². The first-order chi connectivity index (χ1) is 18.2.